The molecule has 0 unspecified atom stereocenters. The van der Waals surface area contributed by atoms with Crippen molar-refractivity contribution in [2.75, 3.05) is 24.6 Å². The summed E-state index contributed by atoms with van der Waals surface area (Å²) in [7, 11) is 0. The molecule has 2 aromatic heterocycles. The first-order valence-electron chi connectivity index (χ1n) is 8.27. The number of aromatic nitrogens is 3. The van der Waals surface area contributed by atoms with Crippen LogP contribution in [0.3, 0.4) is 0 Å². The lowest BCUT2D eigenvalue weighted by Crippen LogP contribution is -2.35. The molecular weight excluding hydrogens is 308 g/mol. The van der Waals surface area contributed by atoms with Crippen molar-refractivity contribution < 1.29 is 4.74 Å². The van der Waals surface area contributed by atoms with E-state index in [2.05, 4.69) is 33.1 Å². The van der Waals surface area contributed by atoms with E-state index in [1.807, 2.05) is 25.1 Å². The zero-order valence-corrected chi connectivity index (χ0v) is 14.8. The summed E-state index contributed by atoms with van der Waals surface area (Å²) in [6.07, 6.45) is 2.25. The summed E-state index contributed by atoms with van der Waals surface area (Å²) >= 11 is 1.52. The Bertz CT molecular complexity index is 635. The van der Waals surface area contributed by atoms with Gasteiger partial charge in [0.25, 0.3) is 0 Å². The third kappa shape index (κ3) is 4.19. The highest BCUT2D eigenvalue weighted by molar-refractivity contribution is 7.09. The van der Waals surface area contributed by atoms with Crippen LogP contribution in [-0.4, -0.2) is 34.0 Å². The average molecular weight is 332 g/mol. The van der Waals surface area contributed by atoms with Crippen LogP contribution in [-0.2, 0) is 0 Å². The van der Waals surface area contributed by atoms with E-state index in [4.69, 9.17) is 4.74 Å². The van der Waals surface area contributed by atoms with Crippen molar-refractivity contribution in [1.82, 2.24) is 14.3 Å². The molecule has 1 aliphatic rings. The number of aryl methyl sites for hydroxylation is 1. The highest BCUT2D eigenvalue weighted by atomic mass is 32.1. The van der Waals surface area contributed by atoms with Gasteiger partial charge in [-0.2, -0.15) is 4.37 Å². The molecule has 0 aliphatic carbocycles. The van der Waals surface area contributed by atoms with E-state index in [9.17, 15) is 0 Å². The second-order valence-electron chi connectivity index (χ2n) is 6.45. The molecule has 0 spiro atoms. The number of pyridine rings is 1. The van der Waals surface area contributed by atoms with Gasteiger partial charge in [0.15, 0.2) is 0 Å². The lowest BCUT2D eigenvalue weighted by atomic mass is 9.98. The number of hydrogen-bond acceptors (Lipinski definition) is 6. The standard InChI is InChI=1S/C17H24N4OS/c1-12(2)16-19-17(23-20-16)21-9-7-14(8-10-21)11-22-15-6-4-5-13(3)18-15/h4-6,12,14H,7-11H2,1-3H3. The molecule has 5 nitrogen and oxygen atoms in total. The molecule has 3 heterocycles. The van der Waals surface area contributed by atoms with Gasteiger partial charge in [-0.05, 0) is 31.7 Å². The maximum Gasteiger partial charge on any atom is 0.213 e. The molecule has 0 saturated carbocycles. The van der Waals surface area contributed by atoms with Gasteiger partial charge in [-0.3, -0.25) is 0 Å². The smallest absolute Gasteiger partial charge is 0.213 e. The fourth-order valence-electron chi connectivity index (χ4n) is 2.68. The fraction of sp³-hybridized carbons (Fsp3) is 0.588. The second-order valence-corrected chi connectivity index (χ2v) is 7.18. The zero-order chi connectivity index (χ0) is 16.2. The number of nitrogens with zero attached hydrogens (tertiary/aromatic N) is 4. The SMILES string of the molecule is Cc1cccc(OCC2CCN(c3nc(C(C)C)ns3)CC2)n1. The molecule has 0 N–H and O–H groups in total. The second kappa shape index (κ2) is 7.25. The van der Waals surface area contributed by atoms with Gasteiger partial charge in [-0.25, -0.2) is 9.97 Å². The van der Waals surface area contributed by atoms with E-state index < -0.39 is 0 Å². The van der Waals surface area contributed by atoms with Crippen molar-refractivity contribution in [3.63, 3.8) is 0 Å². The van der Waals surface area contributed by atoms with Gasteiger partial charge < -0.3 is 9.64 Å². The Kier molecular flexibility index (Phi) is 5.10. The summed E-state index contributed by atoms with van der Waals surface area (Å²) in [5, 5.41) is 1.06. The van der Waals surface area contributed by atoms with Crippen molar-refractivity contribution >= 4 is 16.7 Å². The molecule has 6 heteroatoms. The molecule has 2 aromatic rings. The lowest BCUT2D eigenvalue weighted by molar-refractivity contribution is 0.216. The van der Waals surface area contributed by atoms with E-state index in [1.54, 1.807) is 0 Å². The van der Waals surface area contributed by atoms with Gasteiger partial charge in [0.05, 0.1) is 6.61 Å². The predicted molar refractivity (Wildman–Crippen MR) is 93.4 cm³/mol. The van der Waals surface area contributed by atoms with E-state index >= 15 is 0 Å². The molecule has 3 rings (SSSR count). The minimum absolute atomic E-state index is 0.396. The Morgan fingerprint density at radius 2 is 2.04 bits per heavy atom. The van der Waals surface area contributed by atoms with Crippen molar-refractivity contribution in [2.24, 2.45) is 5.92 Å². The van der Waals surface area contributed by atoms with Crippen LogP contribution in [0.2, 0.25) is 0 Å². The van der Waals surface area contributed by atoms with Crippen LogP contribution in [0.15, 0.2) is 18.2 Å². The number of ether oxygens (including phenoxy) is 1. The highest BCUT2D eigenvalue weighted by Gasteiger charge is 2.22. The summed E-state index contributed by atoms with van der Waals surface area (Å²) in [6, 6.07) is 5.90. The van der Waals surface area contributed by atoms with Gasteiger partial charge in [0.2, 0.25) is 11.0 Å². The van der Waals surface area contributed by atoms with Gasteiger partial charge in [0.1, 0.15) is 5.82 Å². The Balaban J connectivity index is 1.48. The maximum atomic E-state index is 5.85. The molecule has 1 aliphatic heterocycles. The number of rotatable bonds is 5. The minimum Gasteiger partial charge on any atom is -0.477 e. The maximum absolute atomic E-state index is 5.85. The summed E-state index contributed by atoms with van der Waals surface area (Å²) in [6.45, 7) is 9.06. The largest absolute Gasteiger partial charge is 0.477 e. The van der Waals surface area contributed by atoms with Crippen LogP contribution >= 0.6 is 11.5 Å². The molecule has 0 atom stereocenters. The topological polar surface area (TPSA) is 51.1 Å². The summed E-state index contributed by atoms with van der Waals surface area (Å²) in [4.78, 5) is 11.4. The van der Waals surface area contributed by atoms with E-state index in [-0.39, 0.29) is 0 Å². The van der Waals surface area contributed by atoms with Gasteiger partial charge >= 0.3 is 0 Å². The number of piperidine rings is 1. The quantitative estimate of drug-likeness (QED) is 0.836. The molecule has 1 saturated heterocycles. The van der Waals surface area contributed by atoms with Crippen molar-refractivity contribution in [2.45, 2.75) is 39.5 Å². The summed E-state index contributed by atoms with van der Waals surface area (Å²) in [5.41, 5.74) is 0.995. The van der Waals surface area contributed by atoms with E-state index in [1.165, 1.54) is 11.5 Å². The van der Waals surface area contributed by atoms with Crippen LogP contribution in [0.5, 0.6) is 5.88 Å². The van der Waals surface area contributed by atoms with Gasteiger partial charge in [-0.15, -0.1) is 0 Å². The Morgan fingerprint density at radius 3 is 2.70 bits per heavy atom. The van der Waals surface area contributed by atoms with Crippen molar-refractivity contribution in [1.29, 1.82) is 0 Å². The molecule has 0 radical (unpaired) electrons. The fourth-order valence-corrected chi connectivity index (χ4v) is 3.54. The van der Waals surface area contributed by atoms with Crippen LogP contribution in [0.25, 0.3) is 0 Å². The molecule has 0 amide bonds. The predicted octanol–water partition coefficient (Wildman–Crippen LogP) is 3.66. The van der Waals surface area contributed by atoms with Gasteiger partial charge in [-0.1, -0.05) is 19.9 Å². The first kappa shape index (κ1) is 16.2. The van der Waals surface area contributed by atoms with E-state index in [0.717, 1.165) is 55.1 Å². The first-order valence-corrected chi connectivity index (χ1v) is 9.04. The van der Waals surface area contributed by atoms with Crippen LogP contribution < -0.4 is 9.64 Å². The number of hydrogen-bond donors (Lipinski definition) is 0. The van der Waals surface area contributed by atoms with Gasteiger partial charge in [0, 0.05) is 42.3 Å². The molecule has 1 fully saturated rings. The molecule has 124 valence electrons. The van der Waals surface area contributed by atoms with Crippen molar-refractivity contribution in [3.8, 4) is 5.88 Å². The third-order valence-corrected chi connectivity index (χ3v) is 4.95. The normalized spacial score (nSPS) is 16.1. The zero-order valence-electron chi connectivity index (χ0n) is 14.0. The van der Waals surface area contributed by atoms with Crippen LogP contribution in [0.4, 0.5) is 5.13 Å². The highest BCUT2D eigenvalue weighted by Crippen LogP contribution is 2.26. The lowest BCUT2D eigenvalue weighted by Gasteiger charge is -2.31. The first-order chi connectivity index (χ1) is 11.1. The molecular formula is C17H24N4OS. The minimum atomic E-state index is 0.396. The third-order valence-electron chi connectivity index (χ3n) is 4.16. The molecule has 0 bridgehead atoms. The van der Waals surface area contributed by atoms with Crippen LogP contribution in [0, 0.1) is 12.8 Å². The van der Waals surface area contributed by atoms with Crippen LogP contribution in [0.1, 0.15) is 44.1 Å². The Hall–Kier alpha value is -1.69. The van der Waals surface area contributed by atoms with Crippen molar-refractivity contribution in [3.05, 3.63) is 29.7 Å². The van der Waals surface area contributed by atoms with E-state index in [0.29, 0.717) is 11.8 Å². The Labute approximate surface area is 141 Å². The summed E-state index contributed by atoms with van der Waals surface area (Å²) in [5.74, 6) is 2.68. The monoisotopic (exact) mass is 332 g/mol. The Morgan fingerprint density at radius 1 is 1.26 bits per heavy atom. The molecule has 23 heavy (non-hydrogen) atoms. The number of anilines is 1. The molecule has 0 aromatic carbocycles. The average Bonchev–Trinajstić information content (AvgIpc) is 3.04. The summed E-state index contributed by atoms with van der Waals surface area (Å²) < 4.78 is 10.3.